The SMILES string of the molecule is CC(=O)NCCC(O)C(O)c1cc(F)c(N)c(F)c1. The number of benzene rings is 1. The van der Waals surface area contributed by atoms with Gasteiger partial charge in [-0.3, -0.25) is 4.79 Å². The van der Waals surface area contributed by atoms with Crippen molar-refractivity contribution < 1.29 is 23.8 Å². The van der Waals surface area contributed by atoms with Crippen molar-refractivity contribution >= 4 is 11.6 Å². The van der Waals surface area contributed by atoms with Crippen LogP contribution in [0.4, 0.5) is 14.5 Å². The molecular formula is C12H16F2N2O3. The first-order valence-corrected chi connectivity index (χ1v) is 5.68. The molecular weight excluding hydrogens is 258 g/mol. The van der Waals surface area contributed by atoms with Crippen LogP contribution in [0.1, 0.15) is 25.0 Å². The number of aliphatic hydroxyl groups is 2. The molecule has 0 aromatic heterocycles. The maximum absolute atomic E-state index is 13.2. The molecule has 0 aliphatic heterocycles. The zero-order chi connectivity index (χ0) is 14.6. The van der Waals surface area contributed by atoms with Gasteiger partial charge in [0, 0.05) is 13.5 Å². The smallest absolute Gasteiger partial charge is 0.216 e. The molecule has 1 rings (SSSR count). The molecule has 0 aliphatic rings. The summed E-state index contributed by atoms with van der Waals surface area (Å²) in [4.78, 5) is 10.6. The average Bonchev–Trinajstić information content (AvgIpc) is 2.33. The molecule has 0 radical (unpaired) electrons. The third kappa shape index (κ3) is 4.15. The average molecular weight is 274 g/mol. The van der Waals surface area contributed by atoms with E-state index in [-0.39, 0.29) is 24.4 Å². The van der Waals surface area contributed by atoms with Gasteiger partial charge in [0.05, 0.1) is 6.10 Å². The van der Waals surface area contributed by atoms with Crippen LogP contribution in [-0.2, 0) is 4.79 Å². The molecule has 2 atom stereocenters. The van der Waals surface area contributed by atoms with Gasteiger partial charge < -0.3 is 21.3 Å². The van der Waals surface area contributed by atoms with Crippen LogP contribution in [-0.4, -0.2) is 28.8 Å². The van der Waals surface area contributed by atoms with Crippen molar-refractivity contribution in [1.82, 2.24) is 5.32 Å². The molecule has 0 aliphatic carbocycles. The summed E-state index contributed by atoms with van der Waals surface area (Å²) in [5.74, 6) is -2.27. The van der Waals surface area contributed by atoms with Crippen molar-refractivity contribution in [2.24, 2.45) is 0 Å². The number of halogens is 2. The van der Waals surface area contributed by atoms with Crippen LogP contribution in [0.2, 0.25) is 0 Å². The van der Waals surface area contributed by atoms with Gasteiger partial charge in [-0.1, -0.05) is 0 Å². The van der Waals surface area contributed by atoms with Gasteiger partial charge in [-0.15, -0.1) is 0 Å². The van der Waals surface area contributed by atoms with E-state index in [0.29, 0.717) is 0 Å². The van der Waals surface area contributed by atoms with Crippen molar-refractivity contribution in [3.05, 3.63) is 29.3 Å². The number of amides is 1. The Hall–Kier alpha value is -1.73. The Morgan fingerprint density at radius 2 is 1.89 bits per heavy atom. The van der Waals surface area contributed by atoms with Crippen molar-refractivity contribution in [2.75, 3.05) is 12.3 Å². The highest BCUT2D eigenvalue weighted by Crippen LogP contribution is 2.24. The standard InChI is InChI=1S/C12H16F2N2O3/c1-6(17)16-3-2-10(18)12(19)7-4-8(13)11(15)9(14)5-7/h4-5,10,12,18-19H,2-3,15H2,1H3,(H,16,17). The van der Waals surface area contributed by atoms with Crippen LogP contribution < -0.4 is 11.1 Å². The van der Waals surface area contributed by atoms with Gasteiger partial charge in [-0.2, -0.15) is 0 Å². The molecule has 0 spiro atoms. The highest BCUT2D eigenvalue weighted by molar-refractivity contribution is 5.72. The number of nitrogens with two attached hydrogens (primary N) is 1. The minimum absolute atomic E-state index is 0.0500. The van der Waals surface area contributed by atoms with Crippen molar-refractivity contribution in [3.63, 3.8) is 0 Å². The fourth-order valence-electron chi connectivity index (χ4n) is 1.55. The van der Waals surface area contributed by atoms with Crippen LogP contribution in [0.25, 0.3) is 0 Å². The van der Waals surface area contributed by atoms with E-state index in [1.807, 2.05) is 0 Å². The Morgan fingerprint density at radius 1 is 1.37 bits per heavy atom. The van der Waals surface area contributed by atoms with E-state index in [9.17, 15) is 23.8 Å². The van der Waals surface area contributed by atoms with Crippen LogP contribution >= 0.6 is 0 Å². The van der Waals surface area contributed by atoms with Gasteiger partial charge in [0.15, 0.2) is 0 Å². The number of nitrogen functional groups attached to an aromatic ring is 1. The summed E-state index contributed by atoms with van der Waals surface area (Å²) in [6.07, 6.45) is -2.67. The van der Waals surface area contributed by atoms with Gasteiger partial charge in [0.2, 0.25) is 5.91 Å². The molecule has 1 amide bonds. The van der Waals surface area contributed by atoms with Gasteiger partial charge >= 0.3 is 0 Å². The lowest BCUT2D eigenvalue weighted by Crippen LogP contribution is -2.27. The lowest BCUT2D eigenvalue weighted by atomic mass is 10.0. The summed E-state index contributed by atoms with van der Waals surface area (Å²) in [5.41, 5.74) is 4.35. The molecule has 0 saturated carbocycles. The predicted molar refractivity (Wildman–Crippen MR) is 65.0 cm³/mol. The summed E-state index contributed by atoms with van der Waals surface area (Å²) < 4.78 is 26.4. The Morgan fingerprint density at radius 3 is 2.37 bits per heavy atom. The lowest BCUT2D eigenvalue weighted by molar-refractivity contribution is -0.119. The molecule has 106 valence electrons. The summed E-state index contributed by atoms with van der Waals surface area (Å²) >= 11 is 0. The quantitative estimate of drug-likeness (QED) is 0.587. The first-order valence-electron chi connectivity index (χ1n) is 5.68. The number of aliphatic hydroxyl groups excluding tert-OH is 2. The molecule has 1 aromatic carbocycles. The summed E-state index contributed by atoms with van der Waals surface area (Å²) in [7, 11) is 0. The van der Waals surface area contributed by atoms with Crippen molar-refractivity contribution in [1.29, 1.82) is 0 Å². The molecule has 0 fully saturated rings. The second-order valence-electron chi connectivity index (χ2n) is 4.18. The van der Waals surface area contributed by atoms with E-state index < -0.39 is 29.5 Å². The maximum atomic E-state index is 13.2. The molecule has 2 unspecified atom stereocenters. The number of hydrogen-bond donors (Lipinski definition) is 4. The van der Waals surface area contributed by atoms with Crippen LogP contribution in [0.15, 0.2) is 12.1 Å². The van der Waals surface area contributed by atoms with Gasteiger partial charge in [-0.05, 0) is 24.1 Å². The molecule has 0 bridgehead atoms. The van der Waals surface area contributed by atoms with Gasteiger partial charge in [0.1, 0.15) is 23.4 Å². The van der Waals surface area contributed by atoms with Gasteiger partial charge in [0.25, 0.3) is 0 Å². The largest absolute Gasteiger partial charge is 0.394 e. The third-order valence-corrected chi connectivity index (χ3v) is 2.62. The highest BCUT2D eigenvalue weighted by atomic mass is 19.1. The molecule has 0 saturated heterocycles. The lowest BCUT2D eigenvalue weighted by Gasteiger charge is -2.18. The van der Waals surface area contributed by atoms with E-state index in [2.05, 4.69) is 5.32 Å². The van der Waals surface area contributed by atoms with Crippen LogP contribution in [0, 0.1) is 11.6 Å². The fourth-order valence-corrected chi connectivity index (χ4v) is 1.55. The minimum atomic E-state index is -1.46. The normalized spacial score (nSPS) is 13.9. The second-order valence-corrected chi connectivity index (χ2v) is 4.18. The number of nitrogens with one attached hydrogen (secondary N) is 1. The summed E-state index contributed by atoms with van der Waals surface area (Å²) in [6.45, 7) is 1.46. The number of rotatable bonds is 5. The second kappa shape index (κ2) is 6.44. The van der Waals surface area contributed by atoms with Crippen LogP contribution in [0.5, 0.6) is 0 Å². The van der Waals surface area contributed by atoms with E-state index in [1.165, 1.54) is 6.92 Å². The predicted octanol–water partition coefficient (Wildman–Crippen LogP) is 0.468. The Labute approximate surface area is 109 Å². The van der Waals surface area contributed by atoms with Crippen LogP contribution in [0.3, 0.4) is 0 Å². The zero-order valence-corrected chi connectivity index (χ0v) is 10.4. The van der Waals surface area contributed by atoms with E-state index in [1.54, 1.807) is 0 Å². The fraction of sp³-hybridized carbons (Fsp3) is 0.417. The Bertz CT molecular complexity index is 445. The third-order valence-electron chi connectivity index (χ3n) is 2.62. The first kappa shape index (κ1) is 15.3. The topological polar surface area (TPSA) is 95.6 Å². The summed E-state index contributed by atoms with van der Waals surface area (Å²) in [5, 5.41) is 21.9. The first-order chi connectivity index (χ1) is 8.82. The molecule has 0 heterocycles. The monoisotopic (exact) mass is 274 g/mol. The van der Waals surface area contributed by atoms with Crippen molar-refractivity contribution in [3.8, 4) is 0 Å². The number of hydrogen-bond acceptors (Lipinski definition) is 4. The molecule has 5 nitrogen and oxygen atoms in total. The maximum Gasteiger partial charge on any atom is 0.216 e. The van der Waals surface area contributed by atoms with E-state index >= 15 is 0 Å². The molecule has 19 heavy (non-hydrogen) atoms. The number of anilines is 1. The summed E-state index contributed by atoms with van der Waals surface area (Å²) in [6, 6.07) is 1.73. The Balaban J connectivity index is 2.71. The minimum Gasteiger partial charge on any atom is -0.394 e. The van der Waals surface area contributed by atoms with Gasteiger partial charge in [-0.25, -0.2) is 8.78 Å². The molecule has 7 heteroatoms. The Kier molecular flexibility index (Phi) is 5.20. The number of carbonyl (C=O) groups excluding carboxylic acids is 1. The highest BCUT2D eigenvalue weighted by Gasteiger charge is 2.21. The van der Waals surface area contributed by atoms with Crippen molar-refractivity contribution in [2.45, 2.75) is 25.6 Å². The van der Waals surface area contributed by atoms with E-state index in [0.717, 1.165) is 12.1 Å². The molecule has 5 N–H and O–H groups in total. The van der Waals surface area contributed by atoms with E-state index in [4.69, 9.17) is 5.73 Å². The number of carbonyl (C=O) groups is 1. The molecule has 1 aromatic rings. The zero-order valence-electron chi connectivity index (χ0n) is 10.4.